The number of carbonyl (C=O) groups is 3. The Bertz CT molecular complexity index is 217. The highest BCUT2D eigenvalue weighted by Crippen LogP contribution is 2.19. The van der Waals surface area contributed by atoms with Gasteiger partial charge in [-0.25, -0.2) is 0 Å². The Labute approximate surface area is 86.5 Å². The van der Waals surface area contributed by atoms with Gasteiger partial charge in [-0.1, -0.05) is 0 Å². The van der Waals surface area contributed by atoms with Crippen LogP contribution in [0.15, 0.2) is 0 Å². The Morgan fingerprint density at radius 2 is 1.40 bits per heavy atom. The van der Waals surface area contributed by atoms with Crippen LogP contribution in [0.2, 0.25) is 0 Å². The molecular weight excluding hydrogens is 204 g/mol. The predicted octanol–water partition coefficient (Wildman–Crippen LogP) is -2.22. The summed E-state index contributed by atoms with van der Waals surface area (Å²) in [6, 6.07) is 0. The third-order valence-corrected chi connectivity index (χ3v) is 2.27. The molecule has 0 aliphatic rings. The van der Waals surface area contributed by atoms with Gasteiger partial charge in [-0.2, -0.15) is 0 Å². The molecule has 0 spiro atoms. The lowest BCUT2D eigenvalue weighted by molar-refractivity contribution is -0.131. The van der Waals surface area contributed by atoms with Crippen molar-refractivity contribution < 1.29 is 29.7 Å². The SMILES string of the molecule is O=CC(CO)C(C=O)[C@H](C=O)[C@H](O)CO. The standard InChI is InChI=1S/C9H14O6/c10-1-6(2-11)7(3-12)8(4-13)9(15)5-14/h1,3-4,6-9,11,14-15H,2,5H2/t6?,7?,8-,9+/m0/s1. The molecule has 4 atom stereocenters. The number of aldehydes is 3. The molecule has 2 unspecified atom stereocenters. The fraction of sp³-hybridized carbons (Fsp3) is 0.667. The smallest absolute Gasteiger partial charge is 0.126 e. The van der Waals surface area contributed by atoms with Crippen molar-refractivity contribution in [3.63, 3.8) is 0 Å². The van der Waals surface area contributed by atoms with Crippen molar-refractivity contribution in [1.29, 1.82) is 0 Å². The molecule has 0 amide bonds. The van der Waals surface area contributed by atoms with E-state index in [1.165, 1.54) is 0 Å². The Morgan fingerprint density at radius 3 is 1.67 bits per heavy atom. The highest BCUT2D eigenvalue weighted by atomic mass is 16.3. The number of carbonyl (C=O) groups excluding carboxylic acids is 3. The second-order valence-electron chi connectivity index (χ2n) is 3.16. The third-order valence-electron chi connectivity index (χ3n) is 2.27. The van der Waals surface area contributed by atoms with Gasteiger partial charge in [-0.3, -0.25) is 0 Å². The van der Waals surface area contributed by atoms with Gasteiger partial charge in [-0.15, -0.1) is 0 Å². The molecule has 0 aromatic rings. The van der Waals surface area contributed by atoms with Gasteiger partial charge >= 0.3 is 0 Å². The second-order valence-corrected chi connectivity index (χ2v) is 3.16. The fourth-order valence-corrected chi connectivity index (χ4v) is 1.29. The van der Waals surface area contributed by atoms with E-state index >= 15 is 0 Å². The third kappa shape index (κ3) is 3.50. The molecule has 0 aliphatic heterocycles. The summed E-state index contributed by atoms with van der Waals surface area (Å²) in [5.74, 6) is -3.35. The molecule has 0 aromatic carbocycles. The van der Waals surface area contributed by atoms with E-state index in [9.17, 15) is 19.5 Å². The fourth-order valence-electron chi connectivity index (χ4n) is 1.29. The van der Waals surface area contributed by atoms with Gasteiger partial charge in [-0.05, 0) is 0 Å². The van der Waals surface area contributed by atoms with Crippen molar-refractivity contribution in [2.75, 3.05) is 13.2 Å². The van der Waals surface area contributed by atoms with Crippen LogP contribution in [0.1, 0.15) is 0 Å². The van der Waals surface area contributed by atoms with Gasteiger partial charge in [0.2, 0.25) is 0 Å². The van der Waals surface area contributed by atoms with Gasteiger partial charge in [0.15, 0.2) is 0 Å². The first-order valence-corrected chi connectivity index (χ1v) is 4.41. The van der Waals surface area contributed by atoms with E-state index in [-0.39, 0.29) is 0 Å². The molecule has 15 heavy (non-hydrogen) atoms. The highest BCUT2D eigenvalue weighted by molar-refractivity contribution is 5.71. The molecule has 0 heterocycles. The first kappa shape index (κ1) is 13.9. The summed E-state index contributed by atoms with van der Waals surface area (Å²) in [5.41, 5.74) is 0. The Hall–Kier alpha value is -1.11. The number of aliphatic hydroxyl groups is 3. The normalized spacial score (nSPS) is 18.6. The summed E-state index contributed by atoms with van der Waals surface area (Å²) in [6.07, 6.45) is -0.439. The average molecular weight is 218 g/mol. The first-order chi connectivity index (χ1) is 7.15. The van der Waals surface area contributed by atoms with E-state index < -0.39 is 37.1 Å². The van der Waals surface area contributed by atoms with E-state index in [0.717, 1.165) is 0 Å². The number of hydrogen-bond donors (Lipinski definition) is 3. The second kappa shape index (κ2) is 7.22. The van der Waals surface area contributed by atoms with E-state index in [2.05, 4.69) is 0 Å². The quantitative estimate of drug-likeness (QED) is 0.398. The summed E-state index contributed by atoms with van der Waals surface area (Å²) < 4.78 is 0. The van der Waals surface area contributed by atoms with Crippen molar-refractivity contribution in [3.05, 3.63) is 0 Å². The Morgan fingerprint density at radius 1 is 0.867 bits per heavy atom. The average Bonchev–Trinajstić information content (AvgIpc) is 2.28. The largest absolute Gasteiger partial charge is 0.396 e. The van der Waals surface area contributed by atoms with Gasteiger partial charge in [0.25, 0.3) is 0 Å². The number of aliphatic hydroxyl groups excluding tert-OH is 3. The minimum absolute atomic E-state index is 0.298. The lowest BCUT2D eigenvalue weighted by Gasteiger charge is -2.24. The zero-order valence-corrected chi connectivity index (χ0v) is 8.02. The van der Waals surface area contributed by atoms with Crippen LogP contribution in [0.5, 0.6) is 0 Å². The molecule has 0 bridgehead atoms. The van der Waals surface area contributed by atoms with Crippen LogP contribution in [-0.2, 0) is 14.4 Å². The van der Waals surface area contributed by atoms with Gasteiger partial charge in [0.1, 0.15) is 18.9 Å². The summed E-state index contributed by atoms with van der Waals surface area (Å²) in [5, 5.41) is 26.6. The van der Waals surface area contributed by atoms with Gasteiger partial charge < -0.3 is 29.7 Å². The number of hydrogen-bond acceptors (Lipinski definition) is 6. The van der Waals surface area contributed by atoms with E-state index in [1.54, 1.807) is 0 Å². The van der Waals surface area contributed by atoms with Crippen LogP contribution in [0.25, 0.3) is 0 Å². The van der Waals surface area contributed by atoms with Crippen LogP contribution in [0, 0.1) is 17.8 Å². The van der Waals surface area contributed by atoms with E-state index in [4.69, 9.17) is 10.2 Å². The maximum absolute atomic E-state index is 10.7. The van der Waals surface area contributed by atoms with Gasteiger partial charge in [0, 0.05) is 11.8 Å². The molecule has 0 rings (SSSR count). The lowest BCUT2D eigenvalue weighted by atomic mass is 9.81. The minimum atomic E-state index is -1.41. The molecule has 0 aliphatic carbocycles. The van der Waals surface area contributed by atoms with Crippen molar-refractivity contribution in [3.8, 4) is 0 Å². The predicted molar refractivity (Wildman–Crippen MR) is 48.8 cm³/mol. The van der Waals surface area contributed by atoms with Gasteiger partial charge in [0.05, 0.1) is 25.2 Å². The monoisotopic (exact) mass is 218 g/mol. The first-order valence-electron chi connectivity index (χ1n) is 4.41. The van der Waals surface area contributed by atoms with Crippen LogP contribution in [-0.4, -0.2) is 53.5 Å². The van der Waals surface area contributed by atoms with Crippen LogP contribution in [0.3, 0.4) is 0 Å². The van der Waals surface area contributed by atoms with Crippen molar-refractivity contribution in [2.24, 2.45) is 17.8 Å². The number of rotatable bonds is 8. The van der Waals surface area contributed by atoms with Crippen molar-refractivity contribution in [2.45, 2.75) is 6.10 Å². The van der Waals surface area contributed by atoms with Crippen molar-refractivity contribution >= 4 is 18.9 Å². The van der Waals surface area contributed by atoms with E-state index in [0.29, 0.717) is 18.9 Å². The highest BCUT2D eigenvalue weighted by Gasteiger charge is 2.33. The minimum Gasteiger partial charge on any atom is -0.396 e. The lowest BCUT2D eigenvalue weighted by Crippen LogP contribution is -2.38. The molecule has 86 valence electrons. The van der Waals surface area contributed by atoms with Crippen LogP contribution < -0.4 is 0 Å². The summed E-state index contributed by atoms with van der Waals surface area (Å²) in [6.45, 7) is -1.28. The molecule has 0 fully saturated rings. The van der Waals surface area contributed by atoms with Crippen LogP contribution >= 0.6 is 0 Å². The summed E-state index contributed by atoms with van der Waals surface area (Å²) in [7, 11) is 0. The molecule has 0 radical (unpaired) electrons. The molecule has 0 saturated carbocycles. The zero-order valence-electron chi connectivity index (χ0n) is 8.02. The summed E-state index contributed by atoms with van der Waals surface area (Å²) in [4.78, 5) is 31.8. The Kier molecular flexibility index (Phi) is 6.68. The topological polar surface area (TPSA) is 112 Å². The van der Waals surface area contributed by atoms with Crippen molar-refractivity contribution in [1.82, 2.24) is 0 Å². The molecule has 6 heteroatoms. The maximum Gasteiger partial charge on any atom is 0.126 e. The van der Waals surface area contributed by atoms with E-state index in [1.807, 2.05) is 0 Å². The molecule has 6 nitrogen and oxygen atoms in total. The molecule has 0 aromatic heterocycles. The molecule has 3 N–H and O–H groups in total. The Balaban J connectivity index is 4.80. The zero-order chi connectivity index (χ0) is 11.8. The molecular formula is C9H14O6. The molecule has 0 saturated heterocycles. The summed E-state index contributed by atoms with van der Waals surface area (Å²) >= 11 is 0. The maximum atomic E-state index is 10.7. The van der Waals surface area contributed by atoms with Crippen LogP contribution in [0.4, 0.5) is 0 Å².